The van der Waals surface area contributed by atoms with E-state index in [0.29, 0.717) is 18.4 Å². The molecule has 0 aromatic heterocycles. The predicted octanol–water partition coefficient (Wildman–Crippen LogP) is 2.76. The van der Waals surface area contributed by atoms with E-state index in [4.69, 9.17) is 4.74 Å². The van der Waals surface area contributed by atoms with Gasteiger partial charge in [-0.05, 0) is 11.8 Å². The number of hydrogen-bond donors (Lipinski definition) is 0. The van der Waals surface area contributed by atoms with E-state index in [-0.39, 0.29) is 17.4 Å². The van der Waals surface area contributed by atoms with Crippen LogP contribution in [-0.2, 0) is 15.3 Å². The Morgan fingerprint density at radius 3 is 2.60 bits per heavy atom. The predicted molar refractivity (Wildman–Crippen MR) is 75.8 cm³/mol. The maximum Gasteiger partial charge on any atom is 0.229 e. The highest BCUT2D eigenvalue weighted by Gasteiger charge is 2.73. The molecule has 0 unspecified atom stereocenters. The molecule has 1 aromatic carbocycles. The van der Waals surface area contributed by atoms with E-state index in [1.165, 1.54) is 0 Å². The number of rotatable bonds is 1. The SMILES string of the molecule is CC(C)(C)[C@H]1CO[C@]2(c3ccccc3)[C@@H]3C[C@@H]3C(=O)N12. The number of hydrogen-bond acceptors (Lipinski definition) is 2. The Labute approximate surface area is 119 Å². The first-order chi connectivity index (χ1) is 9.46. The average molecular weight is 271 g/mol. The molecule has 3 nitrogen and oxygen atoms in total. The van der Waals surface area contributed by atoms with E-state index in [1.54, 1.807) is 0 Å². The summed E-state index contributed by atoms with van der Waals surface area (Å²) < 4.78 is 6.32. The Hall–Kier alpha value is -1.35. The standard InChI is InChI=1S/C17H21NO2/c1-16(2,3)14-10-20-17(11-7-5-4-6-8-11)13-9-12(13)15(19)18(14)17/h4-8,12-14H,9-10H2,1-3H3/t12-,13+,14+,17+/m0/s1. The van der Waals surface area contributed by atoms with Gasteiger partial charge in [-0.1, -0.05) is 51.1 Å². The molecule has 1 saturated carbocycles. The molecule has 1 aromatic rings. The van der Waals surface area contributed by atoms with Crippen LogP contribution in [0.5, 0.6) is 0 Å². The molecular formula is C17H21NO2. The Balaban J connectivity index is 1.84. The molecule has 0 N–H and O–H groups in total. The fourth-order valence-corrected chi connectivity index (χ4v) is 4.01. The van der Waals surface area contributed by atoms with E-state index in [2.05, 4.69) is 37.8 Å². The smallest absolute Gasteiger partial charge is 0.229 e. The van der Waals surface area contributed by atoms with Crippen LogP contribution in [0.25, 0.3) is 0 Å². The zero-order chi connectivity index (χ0) is 14.1. The van der Waals surface area contributed by atoms with Crippen LogP contribution < -0.4 is 0 Å². The van der Waals surface area contributed by atoms with Gasteiger partial charge in [0, 0.05) is 17.4 Å². The second kappa shape index (κ2) is 3.64. The third-order valence-corrected chi connectivity index (χ3v) is 5.17. The van der Waals surface area contributed by atoms with Gasteiger partial charge >= 0.3 is 0 Å². The summed E-state index contributed by atoms with van der Waals surface area (Å²) in [6, 6.07) is 10.5. The number of ether oxygens (including phenoxy) is 1. The van der Waals surface area contributed by atoms with Crippen molar-refractivity contribution in [2.24, 2.45) is 17.3 Å². The molecule has 20 heavy (non-hydrogen) atoms. The Morgan fingerprint density at radius 1 is 1.25 bits per heavy atom. The molecule has 0 bridgehead atoms. The van der Waals surface area contributed by atoms with Crippen LogP contribution >= 0.6 is 0 Å². The van der Waals surface area contributed by atoms with Crippen molar-refractivity contribution in [1.82, 2.24) is 4.90 Å². The number of nitrogens with zero attached hydrogens (tertiary/aromatic N) is 1. The van der Waals surface area contributed by atoms with Gasteiger partial charge < -0.3 is 9.64 Å². The molecule has 0 radical (unpaired) electrons. The fourth-order valence-electron chi connectivity index (χ4n) is 4.01. The second-order valence-corrected chi connectivity index (χ2v) is 7.41. The van der Waals surface area contributed by atoms with Crippen molar-refractivity contribution in [2.75, 3.05) is 6.61 Å². The largest absolute Gasteiger partial charge is 0.349 e. The molecule has 4 rings (SSSR count). The van der Waals surface area contributed by atoms with Gasteiger partial charge in [-0.2, -0.15) is 0 Å². The number of piperidine rings is 1. The summed E-state index contributed by atoms with van der Waals surface area (Å²) in [5, 5.41) is 0. The first-order valence-corrected chi connectivity index (χ1v) is 7.49. The number of fused-ring (bicyclic) bond motifs is 3. The molecule has 106 valence electrons. The zero-order valence-corrected chi connectivity index (χ0v) is 12.3. The molecule has 3 heteroatoms. The Bertz CT molecular complexity index is 562. The summed E-state index contributed by atoms with van der Waals surface area (Å²) in [6.07, 6.45) is 0.987. The molecule has 2 saturated heterocycles. The van der Waals surface area contributed by atoms with Gasteiger partial charge in [-0.25, -0.2) is 0 Å². The van der Waals surface area contributed by atoms with Gasteiger partial charge in [0.1, 0.15) is 0 Å². The van der Waals surface area contributed by atoms with Crippen molar-refractivity contribution < 1.29 is 9.53 Å². The van der Waals surface area contributed by atoms with Gasteiger partial charge in [0.2, 0.25) is 5.91 Å². The minimum absolute atomic E-state index is 0.0446. The Morgan fingerprint density at radius 2 is 1.95 bits per heavy atom. The highest BCUT2D eigenvalue weighted by Crippen LogP contribution is 2.65. The number of carbonyl (C=O) groups is 1. The third-order valence-electron chi connectivity index (χ3n) is 5.17. The van der Waals surface area contributed by atoms with E-state index >= 15 is 0 Å². The van der Waals surface area contributed by atoms with Crippen LogP contribution in [0, 0.1) is 17.3 Å². The molecule has 3 fully saturated rings. The van der Waals surface area contributed by atoms with E-state index < -0.39 is 5.72 Å². The Kier molecular flexibility index (Phi) is 2.26. The summed E-state index contributed by atoms with van der Waals surface area (Å²) in [4.78, 5) is 14.8. The van der Waals surface area contributed by atoms with E-state index in [0.717, 1.165) is 12.0 Å². The lowest BCUT2D eigenvalue weighted by Gasteiger charge is -2.40. The summed E-state index contributed by atoms with van der Waals surface area (Å²) in [5.41, 5.74) is 0.703. The molecule has 1 aliphatic carbocycles. The lowest BCUT2D eigenvalue weighted by Crippen LogP contribution is -2.50. The van der Waals surface area contributed by atoms with Gasteiger partial charge in [-0.15, -0.1) is 0 Å². The van der Waals surface area contributed by atoms with Crippen molar-refractivity contribution in [3.8, 4) is 0 Å². The van der Waals surface area contributed by atoms with Gasteiger partial charge in [-0.3, -0.25) is 4.79 Å². The van der Waals surface area contributed by atoms with Crippen LogP contribution in [0.1, 0.15) is 32.8 Å². The van der Waals surface area contributed by atoms with E-state index in [9.17, 15) is 4.79 Å². The molecule has 3 aliphatic rings. The minimum atomic E-state index is -0.485. The maximum atomic E-state index is 12.7. The number of amides is 1. The summed E-state index contributed by atoms with van der Waals surface area (Å²) >= 11 is 0. The summed E-state index contributed by atoms with van der Waals surface area (Å²) in [5.74, 6) is 0.849. The molecule has 2 heterocycles. The van der Waals surface area contributed by atoms with E-state index in [1.807, 2.05) is 18.2 Å². The number of benzene rings is 1. The summed E-state index contributed by atoms with van der Waals surface area (Å²) in [6.45, 7) is 7.23. The zero-order valence-electron chi connectivity index (χ0n) is 12.3. The van der Waals surface area contributed by atoms with Crippen molar-refractivity contribution >= 4 is 5.91 Å². The maximum absolute atomic E-state index is 12.7. The molecule has 4 atom stereocenters. The lowest BCUT2D eigenvalue weighted by atomic mass is 9.85. The monoisotopic (exact) mass is 271 g/mol. The quantitative estimate of drug-likeness (QED) is 0.786. The number of carbonyl (C=O) groups excluding carboxylic acids is 1. The highest BCUT2D eigenvalue weighted by molar-refractivity contribution is 5.87. The third kappa shape index (κ3) is 1.37. The second-order valence-electron chi connectivity index (χ2n) is 7.41. The van der Waals surface area contributed by atoms with Gasteiger partial charge in [0.05, 0.1) is 12.6 Å². The lowest BCUT2D eigenvalue weighted by molar-refractivity contribution is -0.148. The van der Waals surface area contributed by atoms with Crippen LogP contribution in [0.2, 0.25) is 0 Å². The van der Waals surface area contributed by atoms with Crippen LogP contribution in [-0.4, -0.2) is 23.5 Å². The fraction of sp³-hybridized carbons (Fsp3) is 0.588. The minimum Gasteiger partial charge on any atom is -0.349 e. The highest BCUT2D eigenvalue weighted by atomic mass is 16.5. The molecule has 2 aliphatic heterocycles. The first-order valence-electron chi connectivity index (χ1n) is 7.49. The van der Waals surface area contributed by atoms with Crippen molar-refractivity contribution in [1.29, 1.82) is 0 Å². The molecular weight excluding hydrogens is 250 g/mol. The van der Waals surface area contributed by atoms with Crippen molar-refractivity contribution in [3.63, 3.8) is 0 Å². The average Bonchev–Trinajstić information content (AvgIpc) is 3.03. The van der Waals surface area contributed by atoms with Crippen LogP contribution in [0.4, 0.5) is 0 Å². The normalized spacial score (nSPS) is 38.9. The van der Waals surface area contributed by atoms with Crippen LogP contribution in [0.3, 0.4) is 0 Å². The summed E-state index contributed by atoms with van der Waals surface area (Å²) in [7, 11) is 0. The first kappa shape index (κ1) is 12.4. The molecule has 1 amide bonds. The van der Waals surface area contributed by atoms with Gasteiger partial charge in [0.25, 0.3) is 0 Å². The van der Waals surface area contributed by atoms with Crippen LogP contribution in [0.15, 0.2) is 30.3 Å². The molecule has 0 spiro atoms. The van der Waals surface area contributed by atoms with Crippen molar-refractivity contribution in [2.45, 2.75) is 39.0 Å². The van der Waals surface area contributed by atoms with Crippen molar-refractivity contribution in [3.05, 3.63) is 35.9 Å². The topological polar surface area (TPSA) is 29.5 Å². The van der Waals surface area contributed by atoms with Gasteiger partial charge in [0.15, 0.2) is 5.72 Å².